The van der Waals surface area contributed by atoms with Gasteiger partial charge in [-0.1, -0.05) is 12.1 Å². The zero-order chi connectivity index (χ0) is 12.8. The summed E-state index contributed by atoms with van der Waals surface area (Å²) in [4.78, 5) is 11.7. The molecule has 0 N–H and O–H groups in total. The van der Waals surface area contributed by atoms with Crippen molar-refractivity contribution in [2.75, 3.05) is 26.9 Å². The summed E-state index contributed by atoms with van der Waals surface area (Å²) in [6.07, 6.45) is 1.81. The minimum absolute atomic E-state index is 0.0575. The van der Waals surface area contributed by atoms with E-state index in [4.69, 9.17) is 9.47 Å². The van der Waals surface area contributed by atoms with Crippen LogP contribution in [0.15, 0.2) is 41.3 Å². The Morgan fingerprint density at radius 3 is 2.78 bits per heavy atom. The number of rotatable bonds is 6. The molecular weight excluding hydrogens is 230 g/mol. The van der Waals surface area contributed by atoms with E-state index < -0.39 is 0 Å². The molecule has 0 fully saturated rings. The summed E-state index contributed by atoms with van der Waals surface area (Å²) in [5.41, 5.74) is 1.00. The van der Waals surface area contributed by atoms with Crippen LogP contribution in [0.5, 0.6) is 0 Å². The molecule has 18 heavy (non-hydrogen) atoms. The molecule has 4 nitrogen and oxygen atoms in total. The molecular formula is C14H17NO3. The van der Waals surface area contributed by atoms with Crippen LogP contribution in [0.1, 0.15) is 0 Å². The summed E-state index contributed by atoms with van der Waals surface area (Å²) in [5.74, 6) is 0. The molecule has 4 heteroatoms. The van der Waals surface area contributed by atoms with E-state index in [2.05, 4.69) is 0 Å². The van der Waals surface area contributed by atoms with Crippen molar-refractivity contribution in [1.82, 2.24) is 4.57 Å². The maximum absolute atomic E-state index is 11.7. The van der Waals surface area contributed by atoms with Gasteiger partial charge in [-0.15, -0.1) is 0 Å². The Morgan fingerprint density at radius 1 is 1.11 bits per heavy atom. The van der Waals surface area contributed by atoms with Crippen molar-refractivity contribution in [1.29, 1.82) is 0 Å². The Hall–Kier alpha value is -1.65. The van der Waals surface area contributed by atoms with Crippen LogP contribution < -0.4 is 5.43 Å². The highest BCUT2D eigenvalue weighted by Gasteiger charge is 2.01. The van der Waals surface area contributed by atoms with Gasteiger partial charge in [-0.05, 0) is 12.1 Å². The standard InChI is InChI=1S/C14H17NO3/c1-17-10-11-18-9-8-15-7-6-14(16)12-4-2-3-5-13(12)15/h2-7H,8-11H2,1H3. The Morgan fingerprint density at radius 2 is 1.94 bits per heavy atom. The molecule has 2 rings (SSSR count). The van der Waals surface area contributed by atoms with E-state index in [1.807, 2.05) is 35.0 Å². The Balaban J connectivity index is 2.09. The molecule has 0 unspecified atom stereocenters. The molecule has 96 valence electrons. The van der Waals surface area contributed by atoms with Crippen LogP contribution >= 0.6 is 0 Å². The number of hydrogen-bond acceptors (Lipinski definition) is 3. The first-order valence-electron chi connectivity index (χ1n) is 5.98. The summed E-state index contributed by atoms with van der Waals surface area (Å²) in [5, 5.41) is 0.747. The number of nitrogens with zero attached hydrogens (tertiary/aromatic N) is 1. The fourth-order valence-corrected chi connectivity index (χ4v) is 1.86. The molecule has 1 aromatic carbocycles. The molecule has 0 bridgehead atoms. The third-order valence-corrected chi connectivity index (χ3v) is 2.79. The first-order chi connectivity index (χ1) is 8.83. The Bertz CT molecular complexity index is 562. The van der Waals surface area contributed by atoms with Crippen molar-refractivity contribution in [2.24, 2.45) is 0 Å². The van der Waals surface area contributed by atoms with Gasteiger partial charge >= 0.3 is 0 Å². The summed E-state index contributed by atoms with van der Waals surface area (Å²) in [6.45, 7) is 2.53. The van der Waals surface area contributed by atoms with Gasteiger partial charge in [0, 0.05) is 31.3 Å². The molecule has 0 radical (unpaired) electrons. The molecule has 0 atom stereocenters. The number of aromatic nitrogens is 1. The van der Waals surface area contributed by atoms with Crippen molar-refractivity contribution < 1.29 is 9.47 Å². The highest BCUT2D eigenvalue weighted by molar-refractivity contribution is 5.78. The van der Waals surface area contributed by atoms with Gasteiger partial charge in [0.1, 0.15) is 0 Å². The zero-order valence-electron chi connectivity index (χ0n) is 10.5. The van der Waals surface area contributed by atoms with Crippen LogP contribution in [0.2, 0.25) is 0 Å². The van der Waals surface area contributed by atoms with Crippen LogP contribution in [0.4, 0.5) is 0 Å². The van der Waals surface area contributed by atoms with E-state index in [-0.39, 0.29) is 5.43 Å². The highest BCUT2D eigenvalue weighted by atomic mass is 16.5. The molecule has 0 amide bonds. The van der Waals surface area contributed by atoms with Gasteiger partial charge in [0.2, 0.25) is 0 Å². The van der Waals surface area contributed by atoms with E-state index in [9.17, 15) is 4.79 Å². The number of fused-ring (bicyclic) bond motifs is 1. The Labute approximate surface area is 106 Å². The lowest BCUT2D eigenvalue weighted by Crippen LogP contribution is -2.12. The second kappa shape index (κ2) is 6.33. The molecule has 0 aliphatic rings. The van der Waals surface area contributed by atoms with Crippen molar-refractivity contribution in [3.8, 4) is 0 Å². The number of ether oxygens (including phenoxy) is 2. The average molecular weight is 247 g/mol. The highest BCUT2D eigenvalue weighted by Crippen LogP contribution is 2.09. The van der Waals surface area contributed by atoms with Gasteiger partial charge in [-0.3, -0.25) is 4.79 Å². The molecule has 0 spiro atoms. The second-order valence-corrected chi connectivity index (χ2v) is 4.00. The van der Waals surface area contributed by atoms with Gasteiger partial charge in [0.15, 0.2) is 5.43 Å². The largest absolute Gasteiger partial charge is 0.382 e. The van der Waals surface area contributed by atoms with Crippen molar-refractivity contribution in [2.45, 2.75) is 6.54 Å². The number of benzene rings is 1. The predicted molar refractivity (Wildman–Crippen MR) is 70.9 cm³/mol. The maximum Gasteiger partial charge on any atom is 0.189 e. The van der Waals surface area contributed by atoms with Crippen LogP contribution in [-0.2, 0) is 16.0 Å². The van der Waals surface area contributed by atoms with E-state index in [0.29, 0.717) is 19.8 Å². The fraction of sp³-hybridized carbons (Fsp3) is 0.357. The lowest BCUT2D eigenvalue weighted by molar-refractivity contribution is 0.0669. The summed E-state index contributed by atoms with van der Waals surface area (Å²) in [6, 6.07) is 9.20. The molecule has 1 heterocycles. The van der Waals surface area contributed by atoms with Crippen LogP contribution in [0.3, 0.4) is 0 Å². The summed E-state index contributed by atoms with van der Waals surface area (Å²) >= 11 is 0. The maximum atomic E-state index is 11.7. The normalized spacial score (nSPS) is 10.9. The zero-order valence-corrected chi connectivity index (χ0v) is 10.5. The Kier molecular flexibility index (Phi) is 4.50. The van der Waals surface area contributed by atoms with Gasteiger partial charge in [0.25, 0.3) is 0 Å². The van der Waals surface area contributed by atoms with Crippen LogP contribution in [-0.4, -0.2) is 31.5 Å². The van der Waals surface area contributed by atoms with Gasteiger partial charge < -0.3 is 14.0 Å². The number of para-hydroxylation sites is 1. The minimum atomic E-state index is 0.0575. The quantitative estimate of drug-likeness (QED) is 0.729. The first kappa shape index (κ1) is 12.8. The topological polar surface area (TPSA) is 40.5 Å². The van der Waals surface area contributed by atoms with E-state index in [1.54, 1.807) is 13.2 Å². The second-order valence-electron chi connectivity index (χ2n) is 4.00. The first-order valence-corrected chi connectivity index (χ1v) is 5.98. The predicted octanol–water partition coefficient (Wildman–Crippen LogP) is 1.66. The lowest BCUT2D eigenvalue weighted by atomic mass is 10.2. The van der Waals surface area contributed by atoms with E-state index >= 15 is 0 Å². The lowest BCUT2D eigenvalue weighted by Gasteiger charge is -2.10. The summed E-state index contributed by atoms with van der Waals surface area (Å²) in [7, 11) is 1.65. The smallest absolute Gasteiger partial charge is 0.189 e. The van der Waals surface area contributed by atoms with Crippen LogP contribution in [0, 0.1) is 0 Å². The molecule has 0 saturated heterocycles. The van der Waals surface area contributed by atoms with Gasteiger partial charge in [0.05, 0.1) is 25.3 Å². The van der Waals surface area contributed by atoms with E-state index in [1.165, 1.54) is 0 Å². The molecule has 0 aliphatic carbocycles. The fourth-order valence-electron chi connectivity index (χ4n) is 1.86. The molecule has 1 aromatic heterocycles. The van der Waals surface area contributed by atoms with Crippen molar-refractivity contribution in [3.05, 3.63) is 46.8 Å². The molecule has 0 saturated carbocycles. The number of pyridine rings is 1. The monoisotopic (exact) mass is 247 g/mol. The van der Waals surface area contributed by atoms with Crippen molar-refractivity contribution in [3.63, 3.8) is 0 Å². The van der Waals surface area contributed by atoms with E-state index in [0.717, 1.165) is 17.4 Å². The molecule has 2 aromatic rings. The number of hydrogen-bond donors (Lipinski definition) is 0. The number of methoxy groups -OCH3 is 1. The van der Waals surface area contributed by atoms with Crippen LogP contribution in [0.25, 0.3) is 10.9 Å². The molecule has 0 aliphatic heterocycles. The third kappa shape index (κ3) is 2.97. The summed E-state index contributed by atoms with van der Waals surface area (Å²) < 4.78 is 12.4. The third-order valence-electron chi connectivity index (χ3n) is 2.79. The average Bonchev–Trinajstić information content (AvgIpc) is 2.41. The van der Waals surface area contributed by atoms with Gasteiger partial charge in [-0.25, -0.2) is 0 Å². The minimum Gasteiger partial charge on any atom is -0.382 e. The van der Waals surface area contributed by atoms with Gasteiger partial charge in [-0.2, -0.15) is 0 Å². The van der Waals surface area contributed by atoms with Crippen molar-refractivity contribution >= 4 is 10.9 Å². The SMILES string of the molecule is COCCOCCn1ccc(=O)c2ccccc21.